The van der Waals surface area contributed by atoms with Gasteiger partial charge in [-0.3, -0.25) is 24.8 Å². The van der Waals surface area contributed by atoms with Gasteiger partial charge in [0, 0.05) is 18.9 Å². The normalized spacial score (nSPS) is 21.2. The number of hydrogen-bond acceptors (Lipinski definition) is 4. The number of alkyl halides is 3. The third-order valence-corrected chi connectivity index (χ3v) is 3.30. The van der Waals surface area contributed by atoms with Gasteiger partial charge in [0.25, 0.3) is 17.5 Å². The molecule has 10 heteroatoms. The maximum Gasteiger partial charge on any atom is 0.440 e. The van der Waals surface area contributed by atoms with Gasteiger partial charge in [0.1, 0.15) is 0 Å². The fraction of sp³-hybridized carbons (Fsp3) is 0.429. The second kappa shape index (κ2) is 6.10. The lowest BCUT2D eigenvalue weighted by Gasteiger charge is -2.30. The van der Waals surface area contributed by atoms with Crippen molar-refractivity contribution in [2.75, 3.05) is 6.54 Å². The van der Waals surface area contributed by atoms with Crippen LogP contribution in [0.1, 0.15) is 24.2 Å². The van der Waals surface area contributed by atoms with Crippen molar-refractivity contribution >= 4 is 17.8 Å². The molecule has 2 N–H and O–H groups in total. The highest BCUT2D eigenvalue weighted by Gasteiger charge is 2.68. The number of rotatable bonds is 4. The lowest BCUT2D eigenvalue weighted by Crippen LogP contribution is -2.69. The van der Waals surface area contributed by atoms with Crippen LogP contribution in [0.3, 0.4) is 0 Å². The summed E-state index contributed by atoms with van der Waals surface area (Å²) in [6, 6.07) is 1.38. The molecule has 2 rings (SSSR count). The molecule has 0 radical (unpaired) electrons. The van der Waals surface area contributed by atoms with Crippen LogP contribution < -0.4 is 10.6 Å². The molecule has 1 unspecified atom stereocenters. The standard InChI is InChI=1S/C14H15F3N4O3/c1-8(2)7-21-11(23)13(14(15,16)17,20-12(21)24)19-10(22)9-4-3-5-18-6-9/h3-6,8H,7H2,1-2H3,(H,19,22)(H,20,24). The van der Waals surface area contributed by atoms with Gasteiger partial charge in [-0.2, -0.15) is 13.2 Å². The Balaban J connectivity index is 2.37. The van der Waals surface area contributed by atoms with Crippen LogP contribution in [-0.4, -0.2) is 46.1 Å². The van der Waals surface area contributed by atoms with Crippen LogP contribution >= 0.6 is 0 Å². The molecule has 0 aromatic carbocycles. The summed E-state index contributed by atoms with van der Waals surface area (Å²) in [6.45, 7) is 3.08. The first-order valence-electron chi connectivity index (χ1n) is 7.02. The second-order valence-corrected chi connectivity index (χ2v) is 5.68. The molecule has 1 aromatic rings. The van der Waals surface area contributed by atoms with E-state index in [0.717, 1.165) is 6.20 Å². The summed E-state index contributed by atoms with van der Waals surface area (Å²) in [5.41, 5.74) is -3.67. The van der Waals surface area contributed by atoms with E-state index < -0.39 is 29.7 Å². The molecule has 1 aromatic heterocycles. The molecular formula is C14H15F3N4O3. The minimum Gasteiger partial charge on any atom is -0.314 e. The lowest BCUT2D eigenvalue weighted by molar-refractivity contribution is -0.200. The molecular weight excluding hydrogens is 329 g/mol. The van der Waals surface area contributed by atoms with Crippen molar-refractivity contribution in [3.05, 3.63) is 30.1 Å². The summed E-state index contributed by atoms with van der Waals surface area (Å²) in [4.78, 5) is 40.2. The van der Waals surface area contributed by atoms with Gasteiger partial charge in [-0.1, -0.05) is 13.8 Å². The molecule has 1 aliphatic rings. The Morgan fingerprint density at radius 3 is 2.58 bits per heavy atom. The number of urea groups is 1. The number of nitrogens with zero attached hydrogens (tertiary/aromatic N) is 2. The zero-order chi connectivity index (χ0) is 18.1. The van der Waals surface area contributed by atoms with E-state index in [0.29, 0.717) is 4.90 Å². The molecule has 130 valence electrons. The van der Waals surface area contributed by atoms with Crippen LogP contribution in [0.2, 0.25) is 0 Å². The van der Waals surface area contributed by atoms with Crippen molar-refractivity contribution in [2.24, 2.45) is 5.92 Å². The van der Waals surface area contributed by atoms with E-state index in [9.17, 15) is 27.6 Å². The van der Waals surface area contributed by atoms with Gasteiger partial charge in [0.05, 0.1) is 5.56 Å². The van der Waals surface area contributed by atoms with Gasteiger partial charge in [-0.25, -0.2) is 4.79 Å². The molecule has 1 atom stereocenters. The van der Waals surface area contributed by atoms with Gasteiger partial charge in [-0.05, 0) is 18.1 Å². The number of amides is 4. The third-order valence-electron chi connectivity index (χ3n) is 3.30. The fourth-order valence-electron chi connectivity index (χ4n) is 2.19. The largest absolute Gasteiger partial charge is 0.440 e. The second-order valence-electron chi connectivity index (χ2n) is 5.68. The van der Waals surface area contributed by atoms with E-state index in [-0.39, 0.29) is 18.0 Å². The lowest BCUT2D eigenvalue weighted by atomic mass is 10.1. The van der Waals surface area contributed by atoms with E-state index >= 15 is 0 Å². The number of hydrogen-bond donors (Lipinski definition) is 2. The van der Waals surface area contributed by atoms with Crippen LogP contribution in [0.15, 0.2) is 24.5 Å². The smallest absolute Gasteiger partial charge is 0.314 e. The van der Waals surface area contributed by atoms with Crippen LogP contribution in [0, 0.1) is 5.92 Å². The molecule has 1 saturated heterocycles. The summed E-state index contributed by atoms with van der Waals surface area (Å²) < 4.78 is 40.6. The minimum atomic E-state index is -5.22. The van der Waals surface area contributed by atoms with Crippen LogP contribution in [0.4, 0.5) is 18.0 Å². The van der Waals surface area contributed by atoms with E-state index in [1.54, 1.807) is 24.5 Å². The third kappa shape index (κ3) is 3.03. The molecule has 2 heterocycles. The first-order chi connectivity index (χ1) is 11.1. The van der Waals surface area contributed by atoms with Gasteiger partial charge >= 0.3 is 12.2 Å². The Bertz CT molecular complexity index is 663. The average Bonchev–Trinajstić information content (AvgIpc) is 2.72. The molecule has 0 spiro atoms. The molecule has 0 saturated carbocycles. The number of pyridine rings is 1. The Labute approximate surface area is 135 Å². The Hall–Kier alpha value is -2.65. The van der Waals surface area contributed by atoms with Crippen molar-refractivity contribution < 1.29 is 27.6 Å². The van der Waals surface area contributed by atoms with Crippen LogP contribution in [0.5, 0.6) is 0 Å². The summed E-state index contributed by atoms with van der Waals surface area (Å²) in [7, 11) is 0. The highest BCUT2D eigenvalue weighted by Crippen LogP contribution is 2.34. The number of imide groups is 1. The van der Waals surface area contributed by atoms with E-state index in [1.165, 1.54) is 18.3 Å². The van der Waals surface area contributed by atoms with Gasteiger partial charge in [-0.15, -0.1) is 0 Å². The number of nitrogens with one attached hydrogen (secondary N) is 2. The first kappa shape index (κ1) is 17.7. The summed E-state index contributed by atoms with van der Waals surface area (Å²) in [5.74, 6) is -2.98. The molecule has 1 fully saturated rings. The van der Waals surface area contributed by atoms with Gasteiger partial charge < -0.3 is 5.32 Å². The van der Waals surface area contributed by atoms with Crippen molar-refractivity contribution in [2.45, 2.75) is 25.7 Å². The fourth-order valence-corrected chi connectivity index (χ4v) is 2.19. The number of halogens is 3. The van der Waals surface area contributed by atoms with E-state index in [4.69, 9.17) is 0 Å². The van der Waals surface area contributed by atoms with Crippen LogP contribution in [-0.2, 0) is 4.79 Å². The predicted octanol–water partition coefficient (Wildman–Crippen LogP) is 1.28. The zero-order valence-corrected chi connectivity index (χ0v) is 12.8. The maximum atomic E-state index is 13.5. The van der Waals surface area contributed by atoms with E-state index in [1.807, 2.05) is 0 Å². The summed E-state index contributed by atoms with van der Waals surface area (Å²) >= 11 is 0. The van der Waals surface area contributed by atoms with Gasteiger partial charge in [0.15, 0.2) is 0 Å². The molecule has 4 amide bonds. The van der Waals surface area contributed by atoms with Crippen molar-refractivity contribution in [3.63, 3.8) is 0 Å². The molecule has 7 nitrogen and oxygen atoms in total. The zero-order valence-electron chi connectivity index (χ0n) is 12.8. The molecule has 1 aliphatic heterocycles. The van der Waals surface area contributed by atoms with Crippen molar-refractivity contribution in [1.29, 1.82) is 0 Å². The highest BCUT2D eigenvalue weighted by atomic mass is 19.4. The number of carbonyl (C=O) groups excluding carboxylic acids is 3. The van der Waals surface area contributed by atoms with E-state index in [2.05, 4.69) is 4.98 Å². The quantitative estimate of drug-likeness (QED) is 0.805. The predicted molar refractivity (Wildman–Crippen MR) is 75.6 cm³/mol. The average molecular weight is 344 g/mol. The SMILES string of the molecule is CC(C)CN1C(=O)NC(NC(=O)c2cccnc2)(C(F)(F)F)C1=O. The Kier molecular flexibility index (Phi) is 4.50. The van der Waals surface area contributed by atoms with Gasteiger partial charge in [0.2, 0.25) is 0 Å². The monoisotopic (exact) mass is 344 g/mol. The Morgan fingerprint density at radius 2 is 2.08 bits per heavy atom. The summed E-state index contributed by atoms with van der Waals surface area (Å²) in [6.07, 6.45) is -2.83. The molecule has 24 heavy (non-hydrogen) atoms. The Morgan fingerprint density at radius 1 is 1.42 bits per heavy atom. The van der Waals surface area contributed by atoms with Crippen molar-refractivity contribution in [3.8, 4) is 0 Å². The highest BCUT2D eigenvalue weighted by molar-refractivity contribution is 6.10. The molecule has 0 bridgehead atoms. The number of aromatic nitrogens is 1. The number of carbonyl (C=O) groups is 3. The van der Waals surface area contributed by atoms with Crippen molar-refractivity contribution in [1.82, 2.24) is 20.5 Å². The minimum absolute atomic E-state index is 0.175. The summed E-state index contributed by atoms with van der Waals surface area (Å²) in [5, 5.41) is 3.18. The topological polar surface area (TPSA) is 91.4 Å². The maximum absolute atomic E-state index is 13.5. The van der Waals surface area contributed by atoms with Crippen LogP contribution in [0.25, 0.3) is 0 Å². The first-order valence-corrected chi connectivity index (χ1v) is 7.02. The molecule has 0 aliphatic carbocycles.